The number of thiol groups is 1. The van der Waals surface area contributed by atoms with Crippen molar-refractivity contribution in [3.63, 3.8) is 0 Å². The van der Waals surface area contributed by atoms with Gasteiger partial charge in [-0.3, -0.25) is 0 Å². The van der Waals surface area contributed by atoms with Crippen molar-refractivity contribution in [1.82, 2.24) is 4.98 Å². The first kappa shape index (κ1) is 16.9. The Kier molecular flexibility index (Phi) is 5.61. The molecule has 3 aromatic rings. The Morgan fingerprint density at radius 3 is 1.91 bits per heavy atom. The van der Waals surface area contributed by atoms with Crippen LogP contribution in [0.3, 0.4) is 0 Å². The van der Waals surface area contributed by atoms with Crippen LogP contribution in [-0.2, 0) is 0 Å². The third kappa shape index (κ3) is 5.01. The zero-order chi connectivity index (χ0) is 16.7. The molecule has 0 amide bonds. The Bertz CT molecular complexity index is 714. The third-order valence-electron chi connectivity index (χ3n) is 2.92. The average molecular weight is 322 g/mol. The molecule has 23 heavy (non-hydrogen) atoms. The van der Waals surface area contributed by atoms with Gasteiger partial charge in [-0.2, -0.15) is 17.9 Å². The second kappa shape index (κ2) is 7.66. The molecule has 0 radical (unpaired) electrons. The van der Waals surface area contributed by atoms with Gasteiger partial charge in [0, 0.05) is 11.1 Å². The van der Waals surface area contributed by atoms with E-state index in [0.29, 0.717) is 0 Å². The molecule has 0 aliphatic heterocycles. The average Bonchev–Trinajstić information content (AvgIpc) is 3.06. The number of hydrogen-bond donors (Lipinski definition) is 1. The van der Waals surface area contributed by atoms with Gasteiger partial charge in [0.2, 0.25) is 0 Å². The first-order chi connectivity index (χ1) is 11.0. The van der Waals surface area contributed by atoms with Crippen molar-refractivity contribution in [3.8, 4) is 28.7 Å². The number of oxazole rings is 1. The quantitative estimate of drug-likeness (QED) is 0.657. The summed E-state index contributed by atoms with van der Waals surface area (Å²) in [5.74, 6) is 0.816. The van der Waals surface area contributed by atoms with Gasteiger partial charge in [0.25, 0.3) is 0 Å². The van der Waals surface area contributed by atoms with Gasteiger partial charge in [-0.1, -0.05) is 60.7 Å². The molecule has 116 valence electrons. The van der Waals surface area contributed by atoms with Gasteiger partial charge in [-0.25, -0.2) is 4.98 Å². The van der Waals surface area contributed by atoms with E-state index in [1.54, 1.807) is 13.8 Å². The van der Waals surface area contributed by atoms with Gasteiger partial charge in [0.1, 0.15) is 5.69 Å². The van der Waals surface area contributed by atoms with Crippen molar-refractivity contribution >= 4 is 12.6 Å². The standard InChI is InChI=1S/C15H11NO.C4H7NS/c1-3-7-12(8-4-1)14-15(17-11-16-14)13-9-5-2-6-10-13;1-4(2,6)3-5/h1-11H;6H,1-2H3. The second-order valence-electron chi connectivity index (χ2n) is 5.43. The molecule has 3 nitrogen and oxygen atoms in total. The van der Waals surface area contributed by atoms with E-state index in [1.807, 2.05) is 66.7 Å². The highest BCUT2D eigenvalue weighted by atomic mass is 32.1. The van der Waals surface area contributed by atoms with Crippen molar-refractivity contribution in [2.75, 3.05) is 0 Å². The lowest BCUT2D eigenvalue weighted by molar-refractivity contribution is 0.572. The SMILES string of the molecule is CC(C)(S)C#N.c1ccc(-c2ncoc2-c2ccccc2)cc1. The third-order valence-corrected chi connectivity index (χ3v) is 3.02. The molecule has 0 saturated carbocycles. The highest BCUT2D eigenvalue weighted by Crippen LogP contribution is 2.30. The summed E-state index contributed by atoms with van der Waals surface area (Å²) in [6.07, 6.45) is 1.49. The molecule has 1 heterocycles. The van der Waals surface area contributed by atoms with Gasteiger partial charge in [0.05, 0.1) is 10.8 Å². The largest absolute Gasteiger partial charge is 0.443 e. The molecule has 0 unspecified atom stereocenters. The summed E-state index contributed by atoms with van der Waals surface area (Å²) in [7, 11) is 0. The van der Waals surface area contributed by atoms with Crippen LogP contribution in [0.25, 0.3) is 22.6 Å². The van der Waals surface area contributed by atoms with E-state index in [-0.39, 0.29) is 0 Å². The summed E-state index contributed by atoms with van der Waals surface area (Å²) >= 11 is 3.89. The lowest BCUT2D eigenvalue weighted by atomic mass is 10.1. The van der Waals surface area contributed by atoms with Gasteiger partial charge in [0.15, 0.2) is 12.2 Å². The molecule has 4 heteroatoms. The minimum Gasteiger partial charge on any atom is -0.443 e. The van der Waals surface area contributed by atoms with Crippen LogP contribution < -0.4 is 0 Å². The van der Waals surface area contributed by atoms with Gasteiger partial charge in [-0.05, 0) is 13.8 Å². The fourth-order valence-electron chi connectivity index (χ4n) is 1.84. The molecule has 0 aliphatic carbocycles. The van der Waals surface area contributed by atoms with E-state index in [2.05, 4.69) is 17.6 Å². The molecule has 0 fully saturated rings. The van der Waals surface area contributed by atoms with E-state index < -0.39 is 4.75 Å². The number of benzene rings is 2. The molecule has 0 spiro atoms. The lowest BCUT2D eigenvalue weighted by Crippen LogP contribution is -2.03. The molecule has 0 bridgehead atoms. The number of aromatic nitrogens is 1. The van der Waals surface area contributed by atoms with E-state index in [1.165, 1.54) is 6.39 Å². The Morgan fingerprint density at radius 2 is 1.43 bits per heavy atom. The minimum absolute atomic E-state index is 0.458. The molecular formula is C19H18N2OS. The zero-order valence-electron chi connectivity index (χ0n) is 13.1. The second-order valence-corrected chi connectivity index (χ2v) is 6.55. The zero-order valence-corrected chi connectivity index (χ0v) is 14.0. The fraction of sp³-hybridized carbons (Fsp3) is 0.158. The van der Waals surface area contributed by atoms with Gasteiger partial charge in [-0.15, -0.1) is 0 Å². The van der Waals surface area contributed by atoms with Gasteiger partial charge < -0.3 is 4.42 Å². The number of hydrogen-bond acceptors (Lipinski definition) is 4. The van der Waals surface area contributed by atoms with Crippen LogP contribution in [0.1, 0.15) is 13.8 Å². The van der Waals surface area contributed by atoms with Crippen molar-refractivity contribution in [1.29, 1.82) is 5.26 Å². The Hall–Kier alpha value is -2.51. The lowest BCUT2D eigenvalue weighted by Gasteiger charge is -2.00. The number of nitriles is 1. The summed E-state index contributed by atoms with van der Waals surface area (Å²) in [6, 6.07) is 22.0. The van der Waals surface area contributed by atoms with Crippen LogP contribution in [0.2, 0.25) is 0 Å². The Labute approximate surface area is 142 Å². The van der Waals surface area contributed by atoms with Crippen LogP contribution in [0, 0.1) is 11.3 Å². The van der Waals surface area contributed by atoms with Crippen LogP contribution in [0.15, 0.2) is 71.5 Å². The monoisotopic (exact) mass is 322 g/mol. The Morgan fingerprint density at radius 1 is 0.957 bits per heavy atom. The summed E-state index contributed by atoms with van der Waals surface area (Å²) < 4.78 is 5.04. The van der Waals surface area contributed by atoms with Crippen molar-refractivity contribution in [3.05, 3.63) is 67.1 Å². The highest BCUT2D eigenvalue weighted by Gasteiger charge is 2.11. The van der Waals surface area contributed by atoms with Crippen LogP contribution in [0.5, 0.6) is 0 Å². The maximum Gasteiger partial charge on any atom is 0.182 e. The summed E-state index contributed by atoms with van der Waals surface area (Å²) in [5.41, 5.74) is 3.00. The Balaban J connectivity index is 0.000000277. The van der Waals surface area contributed by atoms with Crippen LogP contribution in [0.4, 0.5) is 0 Å². The predicted octanol–water partition coefficient (Wildman–Crippen LogP) is 5.23. The van der Waals surface area contributed by atoms with E-state index in [0.717, 1.165) is 22.6 Å². The highest BCUT2D eigenvalue weighted by molar-refractivity contribution is 7.82. The molecular weight excluding hydrogens is 304 g/mol. The number of nitrogens with zero attached hydrogens (tertiary/aromatic N) is 2. The minimum atomic E-state index is -0.458. The summed E-state index contributed by atoms with van der Waals surface area (Å²) in [5, 5.41) is 8.08. The van der Waals surface area contributed by atoms with Crippen molar-refractivity contribution < 1.29 is 4.42 Å². The first-order valence-electron chi connectivity index (χ1n) is 7.19. The molecule has 0 saturated heterocycles. The molecule has 3 rings (SSSR count). The normalized spacial score (nSPS) is 10.3. The van der Waals surface area contributed by atoms with Crippen LogP contribution >= 0.6 is 12.6 Å². The molecule has 0 N–H and O–H groups in total. The van der Waals surface area contributed by atoms with Crippen molar-refractivity contribution in [2.45, 2.75) is 18.6 Å². The predicted molar refractivity (Wildman–Crippen MR) is 96.1 cm³/mol. The van der Waals surface area contributed by atoms with E-state index in [9.17, 15) is 0 Å². The van der Waals surface area contributed by atoms with Crippen molar-refractivity contribution in [2.24, 2.45) is 0 Å². The number of rotatable bonds is 2. The summed E-state index contributed by atoms with van der Waals surface area (Å²) in [6.45, 7) is 3.49. The van der Waals surface area contributed by atoms with E-state index >= 15 is 0 Å². The molecule has 2 aromatic carbocycles. The smallest absolute Gasteiger partial charge is 0.182 e. The maximum atomic E-state index is 8.08. The topological polar surface area (TPSA) is 49.8 Å². The summed E-state index contributed by atoms with van der Waals surface area (Å²) in [4.78, 5) is 4.30. The van der Waals surface area contributed by atoms with E-state index in [4.69, 9.17) is 9.68 Å². The molecule has 0 atom stereocenters. The van der Waals surface area contributed by atoms with Gasteiger partial charge >= 0.3 is 0 Å². The maximum absolute atomic E-state index is 8.08. The molecule has 1 aromatic heterocycles. The first-order valence-corrected chi connectivity index (χ1v) is 7.64. The fourth-order valence-corrected chi connectivity index (χ4v) is 1.84. The molecule has 0 aliphatic rings. The van der Waals surface area contributed by atoms with Crippen LogP contribution in [-0.4, -0.2) is 9.73 Å².